The van der Waals surface area contributed by atoms with Gasteiger partial charge in [0, 0.05) is 14.4 Å². The lowest BCUT2D eigenvalue weighted by Crippen LogP contribution is -1.94. The molecule has 16 heavy (non-hydrogen) atoms. The van der Waals surface area contributed by atoms with Crippen molar-refractivity contribution < 1.29 is 0 Å². The Morgan fingerprint density at radius 2 is 2.06 bits per heavy atom. The van der Waals surface area contributed by atoms with Gasteiger partial charge >= 0.3 is 0 Å². The first-order chi connectivity index (χ1) is 7.59. The van der Waals surface area contributed by atoms with Crippen molar-refractivity contribution in [3.63, 3.8) is 0 Å². The summed E-state index contributed by atoms with van der Waals surface area (Å²) in [6.45, 7) is 2.08. The first-order valence-corrected chi connectivity index (χ1v) is 7.69. The summed E-state index contributed by atoms with van der Waals surface area (Å²) >= 11 is 15.0. The second kappa shape index (κ2) is 5.21. The van der Waals surface area contributed by atoms with Crippen LogP contribution in [0.1, 0.15) is 20.8 Å². The molecule has 1 aromatic heterocycles. The third-order valence-corrected chi connectivity index (χ3v) is 5.80. The van der Waals surface area contributed by atoms with Crippen LogP contribution in [0.5, 0.6) is 0 Å². The molecule has 0 fully saturated rings. The Kier molecular flexibility index (Phi) is 4.11. The smallest absolute Gasteiger partial charge is 0.0751 e. The minimum Gasteiger partial charge on any atom is -0.146 e. The lowest BCUT2D eigenvalue weighted by atomic mass is 10.1. The Bertz CT molecular complexity index is 507. The number of hydrogen-bond donors (Lipinski definition) is 0. The highest BCUT2D eigenvalue weighted by atomic mass is 79.9. The molecular formula is C12H9Br2ClS. The van der Waals surface area contributed by atoms with Crippen molar-refractivity contribution in [2.45, 2.75) is 11.8 Å². The molecule has 0 aliphatic rings. The van der Waals surface area contributed by atoms with Gasteiger partial charge in [-0.25, -0.2) is 0 Å². The molecule has 0 saturated carbocycles. The van der Waals surface area contributed by atoms with E-state index in [1.54, 1.807) is 11.3 Å². The number of benzene rings is 1. The summed E-state index contributed by atoms with van der Waals surface area (Å²) in [4.78, 5) is 1.50. The Labute approximate surface area is 121 Å². The zero-order chi connectivity index (χ0) is 11.7. The van der Waals surface area contributed by atoms with Gasteiger partial charge in [0.15, 0.2) is 0 Å². The van der Waals surface area contributed by atoms with Crippen LogP contribution >= 0.6 is 54.8 Å². The highest BCUT2D eigenvalue weighted by Gasteiger charge is 2.16. The van der Waals surface area contributed by atoms with Crippen molar-refractivity contribution in [3.8, 4) is 0 Å². The minimum absolute atomic E-state index is 0.221. The third-order valence-electron chi connectivity index (χ3n) is 2.38. The molecule has 1 unspecified atom stereocenters. The summed E-state index contributed by atoms with van der Waals surface area (Å²) in [7, 11) is 0. The highest BCUT2D eigenvalue weighted by molar-refractivity contribution is 9.11. The summed E-state index contributed by atoms with van der Waals surface area (Å²) < 4.78 is 1.15. The van der Waals surface area contributed by atoms with Crippen molar-refractivity contribution in [2.24, 2.45) is 0 Å². The lowest BCUT2D eigenvalue weighted by Gasteiger charge is -2.12. The van der Waals surface area contributed by atoms with Gasteiger partial charge in [0.05, 0.1) is 4.83 Å². The number of hydrogen-bond acceptors (Lipinski definition) is 1. The standard InChI is InChI=1S/C12H9Br2ClS/c1-7-6-8(15)2-3-9(7)11(14)12-10(13)4-5-16-12/h2-6,11H,1H3. The Morgan fingerprint density at radius 1 is 1.31 bits per heavy atom. The van der Waals surface area contributed by atoms with Gasteiger partial charge in [-0.1, -0.05) is 33.6 Å². The van der Waals surface area contributed by atoms with Crippen molar-refractivity contribution in [1.29, 1.82) is 0 Å². The molecule has 0 saturated heterocycles. The largest absolute Gasteiger partial charge is 0.146 e. The summed E-state index contributed by atoms with van der Waals surface area (Å²) in [5.74, 6) is 0. The van der Waals surface area contributed by atoms with Gasteiger partial charge < -0.3 is 0 Å². The molecule has 1 atom stereocenters. The molecule has 0 N–H and O–H groups in total. The van der Waals surface area contributed by atoms with E-state index in [1.165, 1.54) is 16.0 Å². The van der Waals surface area contributed by atoms with E-state index in [2.05, 4.69) is 56.3 Å². The zero-order valence-corrected chi connectivity index (χ0v) is 13.3. The molecule has 84 valence electrons. The molecule has 0 aliphatic heterocycles. The van der Waals surface area contributed by atoms with Crippen LogP contribution in [0, 0.1) is 6.92 Å². The second-order valence-electron chi connectivity index (χ2n) is 3.50. The molecule has 0 nitrogen and oxygen atoms in total. The van der Waals surface area contributed by atoms with Crippen LogP contribution in [0.2, 0.25) is 5.02 Å². The van der Waals surface area contributed by atoms with E-state index in [9.17, 15) is 0 Å². The van der Waals surface area contributed by atoms with Crippen LogP contribution in [0.3, 0.4) is 0 Å². The minimum atomic E-state index is 0.221. The van der Waals surface area contributed by atoms with Crippen LogP contribution in [-0.2, 0) is 0 Å². The third kappa shape index (κ3) is 2.53. The second-order valence-corrected chi connectivity index (χ2v) is 6.65. The van der Waals surface area contributed by atoms with Crippen molar-refractivity contribution in [2.75, 3.05) is 0 Å². The van der Waals surface area contributed by atoms with Gasteiger partial charge in [-0.2, -0.15) is 0 Å². The SMILES string of the molecule is Cc1cc(Cl)ccc1C(Br)c1sccc1Br. The summed E-state index contributed by atoms with van der Waals surface area (Å²) in [5, 5.41) is 2.87. The van der Waals surface area contributed by atoms with E-state index in [4.69, 9.17) is 11.6 Å². The molecule has 1 heterocycles. The van der Waals surface area contributed by atoms with Crippen molar-refractivity contribution in [3.05, 3.63) is 55.1 Å². The van der Waals surface area contributed by atoms with Crippen LogP contribution in [0.4, 0.5) is 0 Å². The van der Waals surface area contributed by atoms with Gasteiger partial charge in [-0.15, -0.1) is 11.3 Å². The molecule has 0 aliphatic carbocycles. The normalized spacial score (nSPS) is 12.8. The fourth-order valence-electron chi connectivity index (χ4n) is 1.55. The van der Waals surface area contributed by atoms with E-state index >= 15 is 0 Å². The van der Waals surface area contributed by atoms with E-state index in [1.807, 2.05) is 12.1 Å². The zero-order valence-electron chi connectivity index (χ0n) is 8.51. The molecule has 2 rings (SSSR count). The van der Waals surface area contributed by atoms with Crippen LogP contribution in [-0.4, -0.2) is 0 Å². The number of aryl methyl sites for hydroxylation is 1. The fourth-order valence-corrected chi connectivity index (χ4v) is 4.76. The van der Waals surface area contributed by atoms with Crippen molar-refractivity contribution >= 4 is 54.8 Å². The maximum Gasteiger partial charge on any atom is 0.0751 e. The predicted octanol–water partition coefficient (Wildman–Crippen LogP) is 5.96. The first kappa shape index (κ1) is 12.6. The quantitative estimate of drug-likeness (QED) is 0.564. The van der Waals surface area contributed by atoms with Gasteiger partial charge in [-0.05, 0) is 57.6 Å². The van der Waals surface area contributed by atoms with E-state index in [-0.39, 0.29) is 4.83 Å². The Balaban J connectivity index is 2.41. The first-order valence-electron chi connectivity index (χ1n) is 4.72. The molecule has 1 aromatic carbocycles. The summed E-state index contributed by atoms with van der Waals surface area (Å²) in [6.07, 6.45) is 0. The van der Waals surface area contributed by atoms with E-state index < -0.39 is 0 Å². The Hall–Kier alpha value is 0.170. The molecule has 0 amide bonds. The number of rotatable bonds is 2. The topological polar surface area (TPSA) is 0 Å². The average molecular weight is 381 g/mol. The average Bonchev–Trinajstić information content (AvgIpc) is 2.63. The number of alkyl halides is 1. The maximum absolute atomic E-state index is 5.96. The van der Waals surface area contributed by atoms with Crippen LogP contribution in [0.15, 0.2) is 34.1 Å². The summed E-state index contributed by atoms with van der Waals surface area (Å²) in [5.41, 5.74) is 2.46. The lowest BCUT2D eigenvalue weighted by molar-refractivity contribution is 1.17. The molecule has 0 bridgehead atoms. The van der Waals surface area contributed by atoms with Gasteiger partial charge in [0.2, 0.25) is 0 Å². The predicted molar refractivity (Wildman–Crippen MR) is 79.0 cm³/mol. The van der Waals surface area contributed by atoms with E-state index in [0.717, 1.165) is 9.50 Å². The number of thiophene rings is 1. The molecule has 4 heteroatoms. The molecular weight excluding hydrogens is 371 g/mol. The summed E-state index contributed by atoms with van der Waals surface area (Å²) in [6, 6.07) is 8.06. The van der Waals surface area contributed by atoms with Crippen LogP contribution < -0.4 is 0 Å². The van der Waals surface area contributed by atoms with E-state index in [0.29, 0.717) is 0 Å². The fraction of sp³-hybridized carbons (Fsp3) is 0.167. The van der Waals surface area contributed by atoms with Gasteiger partial charge in [0.25, 0.3) is 0 Å². The molecule has 2 aromatic rings. The van der Waals surface area contributed by atoms with Crippen LogP contribution in [0.25, 0.3) is 0 Å². The van der Waals surface area contributed by atoms with Gasteiger partial charge in [0.1, 0.15) is 0 Å². The highest BCUT2D eigenvalue weighted by Crippen LogP contribution is 2.40. The maximum atomic E-state index is 5.96. The molecule has 0 spiro atoms. The Morgan fingerprint density at radius 3 is 2.62 bits per heavy atom. The number of halogens is 3. The van der Waals surface area contributed by atoms with Crippen molar-refractivity contribution in [1.82, 2.24) is 0 Å². The monoisotopic (exact) mass is 378 g/mol. The van der Waals surface area contributed by atoms with Gasteiger partial charge in [-0.3, -0.25) is 0 Å². The molecule has 0 radical (unpaired) electrons.